The maximum absolute atomic E-state index is 12.5. The van der Waals surface area contributed by atoms with E-state index in [9.17, 15) is 8.42 Å². The van der Waals surface area contributed by atoms with Crippen LogP contribution in [-0.2, 0) is 10.0 Å². The summed E-state index contributed by atoms with van der Waals surface area (Å²) in [6.45, 7) is 5.33. The summed E-state index contributed by atoms with van der Waals surface area (Å²) in [6, 6.07) is 6.84. The molecule has 20 heavy (non-hydrogen) atoms. The molecule has 0 aliphatic carbocycles. The smallest absolute Gasteiger partial charge is 0.243 e. The molecule has 0 unspecified atom stereocenters. The van der Waals surface area contributed by atoms with Gasteiger partial charge in [-0.2, -0.15) is 9.57 Å². The van der Waals surface area contributed by atoms with Crippen molar-refractivity contribution in [3.05, 3.63) is 29.3 Å². The summed E-state index contributed by atoms with van der Waals surface area (Å²) >= 11 is 0. The number of aryl methyl sites for hydroxylation is 1. The Morgan fingerprint density at radius 2 is 2.15 bits per heavy atom. The molecule has 1 heterocycles. The minimum absolute atomic E-state index is 0. The van der Waals surface area contributed by atoms with Crippen molar-refractivity contribution in [2.24, 2.45) is 0 Å². The molecule has 1 aromatic carbocycles. The minimum Gasteiger partial charge on any atom is -0.312 e. The van der Waals surface area contributed by atoms with E-state index in [0.717, 1.165) is 0 Å². The molecule has 1 atom stereocenters. The largest absolute Gasteiger partial charge is 0.312 e. The van der Waals surface area contributed by atoms with Crippen molar-refractivity contribution in [3.8, 4) is 6.07 Å². The fourth-order valence-electron chi connectivity index (χ4n) is 2.19. The van der Waals surface area contributed by atoms with E-state index in [1.807, 2.05) is 13.0 Å². The quantitative estimate of drug-likeness (QED) is 0.892. The van der Waals surface area contributed by atoms with Gasteiger partial charge in [0.15, 0.2) is 0 Å². The average Bonchev–Trinajstić information content (AvgIpc) is 2.38. The summed E-state index contributed by atoms with van der Waals surface area (Å²) in [7, 11) is -3.46. The van der Waals surface area contributed by atoms with E-state index in [-0.39, 0.29) is 23.3 Å². The molecule has 1 aliphatic heterocycles. The van der Waals surface area contributed by atoms with Crippen molar-refractivity contribution >= 4 is 22.4 Å². The van der Waals surface area contributed by atoms with E-state index in [1.54, 1.807) is 19.1 Å². The van der Waals surface area contributed by atoms with Crippen molar-refractivity contribution in [2.45, 2.75) is 24.8 Å². The normalized spacial score (nSPS) is 19.9. The van der Waals surface area contributed by atoms with Crippen LogP contribution < -0.4 is 5.32 Å². The second-order valence-corrected chi connectivity index (χ2v) is 6.74. The lowest BCUT2D eigenvalue weighted by Gasteiger charge is -2.31. The van der Waals surface area contributed by atoms with Crippen LogP contribution in [-0.4, -0.2) is 38.4 Å². The van der Waals surface area contributed by atoms with Gasteiger partial charge in [-0.15, -0.1) is 12.4 Å². The molecule has 0 aromatic heterocycles. The van der Waals surface area contributed by atoms with Crippen LogP contribution >= 0.6 is 12.4 Å². The minimum atomic E-state index is -3.46. The van der Waals surface area contributed by atoms with Gasteiger partial charge in [0.2, 0.25) is 10.0 Å². The molecule has 1 saturated heterocycles. The first-order valence-corrected chi connectivity index (χ1v) is 7.63. The summed E-state index contributed by atoms with van der Waals surface area (Å²) in [5.41, 5.74) is 1.19. The summed E-state index contributed by atoms with van der Waals surface area (Å²) in [5.74, 6) is 0. The van der Waals surface area contributed by atoms with Gasteiger partial charge in [0.25, 0.3) is 0 Å². The van der Waals surface area contributed by atoms with Crippen LogP contribution in [0.1, 0.15) is 18.1 Å². The Labute approximate surface area is 126 Å². The zero-order valence-electron chi connectivity index (χ0n) is 11.5. The third-order valence-corrected chi connectivity index (χ3v) is 5.15. The first-order chi connectivity index (χ1) is 8.95. The standard InChI is InChI=1S/C13H17N3O2S.ClH/c1-10-7-13(4-3-12(10)8-14)19(17,18)16-6-5-15-11(2)9-16;/h3-4,7,11,15H,5-6,9H2,1-2H3;1H/t11-;/m1./s1. The summed E-state index contributed by atoms with van der Waals surface area (Å²) < 4.78 is 26.5. The average molecular weight is 316 g/mol. The monoisotopic (exact) mass is 315 g/mol. The molecule has 0 radical (unpaired) electrons. The highest BCUT2D eigenvalue weighted by atomic mass is 35.5. The molecule has 1 aromatic rings. The number of sulfonamides is 1. The fraction of sp³-hybridized carbons (Fsp3) is 0.462. The zero-order valence-corrected chi connectivity index (χ0v) is 13.1. The van der Waals surface area contributed by atoms with Gasteiger partial charge < -0.3 is 5.32 Å². The Balaban J connectivity index is 0.00000200. The van der Waals surface area contributed by atoms with E-state index < -0.39 is 10.0 Å². The molecule has 0 amide bonds. The summed E-state index contributed by atoms with van der Waals surface area (Å²) in [4.78, 5) is 0.262. The number of piperazine rings is 1. The highest BCUT2D eigenvalue weighted by Gasteiger charge is 2.28. The molecule has 1 aliphatic rings. The lowest BCUT2D eigenvalue weighted by Crippen LogP contribution is -2.51. The number of hydrogen-bond donors (Lipinski definition) is 1. The number of nitriles is 1. The molecule has 0 spiro atoms. The van der Waals surface area contributed by atoms with Gasteiger partial charge in [-0.05, 0) is 37.6 Å². The van der Waals surface area contributed by atoms with Crippen LogP contribution in [0, 0.1) is 18.3 Å². The van der Waals surface area contributed by atoms with Crippen LogP contribution in [0.15, 0.2) is 23.1 Å². The Kier molecular flexibility index (Phi) is 5.54. The molecule has 7 heteroatoms. The molecule has 110 valence electrons. The van der Waals surface area contributed by atoms with E-state index in [0.29, 0.717) is 30.8 Å². The lowest BCUT2D eigenvalue weighted by atomic mass is 10.1. The van der Waals surface area contributed by atoms with Crippen LogP contribution in [0.3, 0.4) is 0 Å². The molecule has 1 N–H and O–H groups in total. The van der Waals surface area contributed by atoms with Crippen molar-refractivity contribution in [1.82, 2.24) is 9.62 Å². The summed E-state index contributed by atoms with van der Waals surface area (Å²) in [6.07, 6.45) is 0. The number of rotatable bonds is 2. The molecular formula is C13H18ClN3O2S. The first-order valence-electron chi connectivity index (χ1n) is 6.19. The molecule has 0 saturated carbocycles. The Morgan fingerprint density at radius 1 is 1.45 bits per heavy atom. The van der Waals surface area contributed by atoms with E-state index in [4.69, 9.17) is 5.26 Å². The molecule has 0 bridgehead atoms. The number of nitrogens with zero attached hydrogens (tertiary/aromatic N) is 2. The molecule has 1 fully saturated rings. The SMILES string of the molecule is Cc1cc(S(=O)(=O)N2CCN[C@H](C)C2)ccc1C#N.Cl. The van der Waals surface area contributed by atoms with Crippen molar-refractivity contribution in [2.75, 3.05) is 19.6 Å². The Morgan fingerprint density at radius 3 is 2.70 bits per heavy atom. The maximum Gasteiger partial charge on any atom is 0.243 e. The van der Waals surface area contributed by atoms with E-state index in [1.165, 1.54) is 10.4 Å². The third kappa shape index (κ3) is 3.30. The topological polar surface area (TPSA) is 73.2 Å². The number of nitrogens with one attached hydrogen (secondary N) is 1. The van der Waals surface area contributed by atoms with E-state index >= 15 is 0 Å². The van der Waals surface area contributed by atoms with Gasteiger partial charge in [-0.3, -0.25) is 0 Å². The maximum atomic E-state index is 12.5. The molecular weight excluding hydrogens is 298 g/mol. The number of hydrogen-bond acceptors (Lipinski definition) is 4. The number of halogens is 1. The lowest BCUT2D eigenvalue weighted by molar-refractivity contribution is 0.310. The van der Waals surface area contributed by atoms with Crippen LogP contribution in [0.5, 0.6) is 0 Å². The van der Waals surface area contributed by atoms with Gasteiger partial charge in [0.1, 0.15) is 0 Å². The van der Waals surface area contributed by atoms with E-state index in [2.05, 4.69) is 5.32 Å². The highest BCUT2D eigenvalue weighted by molar-refractivity contribution is 7.89. The molecule has 5 nitrogen and oxygen atoms in total. The van der Waals surface area contributed by atoms with Crippen LogP contribution in [0.2, 0.25) is 0 Å². The van der Waals surface area contributed by atoms with Crippen molar-refractivity contribution < 1.29 is 8.42 Å². The second-order valence-electron chi connectivity index (χ2n) is 4.81. The fourth-order valence-corrected chi connectivity index (χ4v) is 3.80. The zero-order chi connectivity index (χ0) is 14.0. The van der Waals surface area contributed by atoms with Gasteiger partial charge >= 0.3 is 0 Å². The van der Waals surface area contributed by atoms with Gasteiger partial charge in [0.05, 0.1) is 16.5 Å². The second kappa shape index (κ2) is 6.55. The Hall–Kier alpha value is -1.13. The van der Waals surface area contributed by atoms with Crippen LogP contribution in [0.25, 0.3) is 0 Å². The Bertz CT molecular complexity index is 625. The van der Waals surface area contributed by atoms with Gasteiger partial charge in [-0.25, -0.2) is 8.42 Å². The predicted octanol–water partition coefficient (Wildman–Crippen LogP) is 1.27. The first kappa shape index (κ1) is 16.9. The van der Waals surface area contributed by atoms with Crippen molar-refractivity contribution in [1.29, 1.82) is 5.26 Å². The van der Waals surface area contributed by atoms with Crippen molar-refractivity contribution in [3.63, 3.8) is 0 Å². The van der Waals surface area contributed by atoms with Crippen LogP contribution in [0.4, 0.5) is 0 Å². The number of benzene rings is 1. The summed E-state index contributed by atoms with van der Waals surface area (Å²) in [5, 5.41) is 12.1. The highest BCUT2D eigenvalue weighted by Crippen LogP contribution is 2.20. The predicted molar refractivity (Wildman–Crippen MR) is 79.4 cm³/mol. The van der Waals surface area contributed by atoms with Gasteiger partial charge in [-0.1, -0.05) is 0 Å². The molecule has 2 rings (SSSR count). The van der Waals surface area contributed by atoms with Gasteiger partial charge in [0, 0.05) is 25.7 Å². The third-order valence-electron chi connectivity index (χ3n) is 3.29.